The molecule has 0 aliphatic carbocycles. The van der Waals surface area contributed by atoms with Crippen LogP contribution < -0.4 is 5.56 Å². The quantitative estimate of drug-likeness (QED) is 0.522. The molecule has 0 saturated heterocycles. The fraction of sp³-hybridized carbons (Fsp3) is 0.0952. The molecule has 128 valence electrons. The summed E-state index contributed by atoms with van der Waals surface area (Å²) < 4.78 is 3.48. The van der Waals surface area contributed by atoms with Gasteiger partial charge in [0.1, 0.15) is 0 Å². The summed E-state index contributed by atoms with van der Waals surface area (Å²) in [5.74, 6) is 0. The Bertz CT molecular complexity index is 1100. The molecule has 4 rings (SSSR count). The van der Waals surface area contributed by atoms with E-state index in [9.17, 15) is 4.79 Å². The Morgan fingerprint density at radius 3 is 2.38 bits per heavy atom. The fourth-order valence-corrected chi connectivity index (χ4v) is 2.93. The van der Waals surface area contributed by atoms with Crippen LogP contribution in [0.2, 0.25) is 0 Å². The van der Waals surface area contributed by atoms with E-state index in [0.29, 0.717) is 18.5 Å². The van der Waals surface area contributed by atoms with E-state index < -0.39 is 0 Å². The van der Waals surface area contributed by atoms with E-state index in [-0.39, 0.29) is 5.56 Å². The first-order chi connectivity index (χ1) is 12.8. The molecule has 26 heavy (non-hydrogen) atoms. The first-order valence-electron chi connectivity index (χ1n) is 8.49. The minimum Gasteiger partial charge on any atom is -0.334 e. The zero-order valence-corrected chi connectivity index (χ0v) is 14.2. The average Bonchev–Trinajstić information content (AvgIpc) is 3.21. The van der Waals surface area contributed by atoms with Crippen LogP contribution in [0.4, 0.5) is 0 Å². The molecule has 0 aliphatic rings. The second-order valence-corrected chi connectivity index (χ2v) is 5.98. The summed E-state index contributed by atoms with van der Waals surface area (Å²) in [6, 6.07) is 17.6. The molecule has 0 bridgehead atoms. The molecule has 2 heterocycles. The van der Waals surface area contributed by atoms with Gasteiger partial charge < -0.3 is 4.57 Å². The summed E-state index contributed by atoms with van der Waals surface area (Å²) in [6.45, 7) is 1.14. The second kappa shape index (κ2) is 7.19. The normalized spacial score (nSPS) is 11.4. The lowest BCUT2D eigenvalue weighted by Crippen LogP contribution is -2.23. The first kappa shape index (κ1) is 16.0. The van der Waals surface area contributed by atoms with Gasteiger partial charge in [-0.15, -0.1) is 0 Å². The molecule has 2 aromatic heterocycles. The van der Waals surface area contributed by atoms with Crippen molar-refractivity contribution in [1.82, 2.24) is 19.3 Å². The van der Waals surface area contributed by atoms with E-state index >= 15 is 0 Å². The molecule has 0 spiro atoms. The summed E-state index contributed by atoms with van der Waals surface area (Å²) in [4.78, 5) is 16.8. The van der Waals surface area contributed by atoms with Crippen molar-refractivity contribution in [2.75, 3.05) is 0 Å². The molecule has 0 radical (unpaired) electrons. The SMILES string of the molecule is O=c1c2ccccc2c(-c2ccccc2)nn1CC=CCn1ccnc1. The number of allylic oxidation sites excluding steroid dienone is 2. The largest absolute Gasteiger partial charge is 0.334 e. The summed E-state index contributed by atoms with van der Waals surface area (Å²) >= 11 is 0. The summed E-state index contributed by atoms with van der Waals surface area (Å²) in [5, 5.41) is 6.20. The van der Waals surface area contributed by atoms with Gasteiger partial charge in [0, 0.05) is 29.9 Å². The van der Waals surface area contributed by atoms with Gasteiger partial charge in [-0.05, 0) is 6.07 Å². The third-order valence-electron chi connectivity index (χ3n) is 4.24. The molecule has 4 aromatic rings. The lowest BCUT2D eigenvalue weighted by Gasteiger charge is -2.10. The van der Waals surface area contributed by atoms with Crippen molar-refractivity contribution in [2.24, 2.45) is 0 Å². The molecule has 0 unspecified atom stereocenters. The molecule has 0 fully saturated rings. The topological polar surface area (TPSA) is 52.7 Å². The molecular weight excluding hydrogens is 324 g/mol. The third kappa shape index (κ3) is 3.19. The van der Waals surface area contributed by atoms with E-state index in [1.54, 1.807) is 12.5 Å². The molecule has 5 nitrogen and oxygen atoms in total. The third-order valence-corrected chi connectivity index (χ3v) is 4.24. The van der Waals surface area contributed by atoms with Gasteiger partial charge in [-0.25, -0.2) is 9.67 Å². The first-order valence-corrected chi connectivity index (χ1v) is 8.49. The lowest BCUT2D eigenvalue weighted by atomic mass is 10.1. The number of imidazole rings is 1. The van der Waals surface area contributed by atoms with Gasteiger partial charge in [0.25, 0.3) is 5.56 Å². The maximum atomic E-state index is 12.8. The highest BCUT2D eigenvalue weighted by Gasteiger charge is 2.10. The van der Waals surface area contributed by atoms with Gasteiger partial charge >= 0.3 is 0 Å². The van der Waals surface area contributed by atoms with Crippen LogP contribution in [0.5, 0.6) is 0 Å². The van der Waals surface area contributed by atoms with Crippen molar-refractivity contribution in [1.29, 1.82) is 0 Å². The lowest BCUT2D eigenvalue weighted by molar-refractivity contribution is 0.660. The minimum atomic E-state index is -0.0763. The second-order valence-electron chi connectivity index (χ2n) is 5.98. The predicted octanol–water partition coefficient (Wildman–Crippen LogP) is 3.52. The molecule has 0 amide bonds. The molecule has 5 heteroatoms. The summed E-state index contributed by atoms with van der Waals surface area (Å²) in [5.41, 5.74) is 1.75. The number of nitrogens with zero attached hydrogens (tertiary/aromatic N) is 4. The number of benzene rings is 2. The highest BCUT2D eigenvalue weighted by atomic mass is 16.1. The zero-order valence-electron chi connectivity index (χ0n) is 14.2. The Balaban J connectivity index is 1.72. The summed E-state index contributed by atoms with van der Waals surface area (Å²) in [7, 11) is 0. The van der Waals surface area contributed by atoms with Crippen LogP contribution in [-0.2, 0) is 13.1 Å². The smallest absolute Gasteiger partial charge is 0.274 e. The van der Waals surface area contributed by atoms with Crippen molar-refractivity contribution in [3.8, 4) is 11.3 Å². The predicted molar refractivity (Wildman–Crippen MR) is 103 cm³/mol. The molecule has 0 N–H and O–H groups in total. The van der Waals surface area contributed by atoms with Crippen molar-refractivity contribution < 1.29 is 0 Å². The van der Waals surface area contributed by atoms with Crippen molar-refractivity contribution in [2.45, 2.75) is 13.1 Å². The van der Waals surface area contributed by atoms with E-state index in [1.165, 1.54) is 4.68 Å². The number of aromatic nitrogens is 4. The van der Waals surface area contributed by atoms with Crippen molar-refractivity contribution in [3.05, 3.63) is 95.8 Å². The molecule has 2 aromatic carbocycles. The Labute approximate surface area is 150 Å². The Kier molecular flexibility index (Phi) is 4.43. The van der Waals surface area contributed by atoms with Crippen LogP contribution in [0.1, 0.15) is 0 Å². The maximum absolute atomic E-state index is 12.8. The van der Waals surface area contributed by atoms with Gasteiger partial charge in [0.15, 0.2) is 0 Å². The van der Waals surface area contributed by atoms with Gasteiger partial charge in [-0.2, -0.15) is 5.10 Å². The zero-order chi connectivity index (χ0) is 17.8. The van der Waals surface area contributed by atoms with Crippen molar-refractivity contribution in [3.63, 3.8) is 0 Å². The molecule has 0 atom stereocenters. The van der Waals surface area contributed by atoms with Crippen LogP contribution in [-0.4, -0.2) is 19.3 Å². The highest BCUT2D eigenvalue weighted by Crippen LogP contribution is 2.24. The Morgan fingerprint density at radius 2 is 1.62 bits per heavy atom. The average molecular weight is 342 g/mol. The van der Waals surface area contributed by atoms with Crippen LogP contribution in [0, 0.1) is 0 Å². The van der Waals surface area contributed by atoms with Gasteiger partial charge in [-0.1, -0.05) is 60.7 Å². The van der Waals surface area contributed by atoms with Crippen molar-refractivity contribution >= 4 is 10.8 Å². The Morgan fingerprint density at radius 1 is 0.885 bits per heavy atom. The minimum absolute atomic E-state index is 0.0763. The summed E-state index contributed by atoms with van der Waals surface area (Å²) in [6.07, 6.45) is 9.37. The van der Waals surface area contributed by atoms with Crippen LogP contribution in [0.3, 0.4) is 0 Å². The van der Waals surface area contributed by atoms with E-state index in [2.05, 4.69) is 10.1 Å². The van der Waals surface area contributed by atoms with Gasteiger partial charge in [0.05, 0.1) is 24.0 Å². The number of hydrogen-bond acceptors (Lipinski definition) is 3. The molecular formula is C21H18N4O. The van der Waals surface area contributed by atoms with Gasteiger partial charge in [0.2, 0.25) is 0 Å². The van der Waals surface area contributed by atoms with E-state index in [1.807, 2.05) is 77.5 Å². The number of rotatable bonds is 5. The number of hydrogen-bond donors (Lipinski definition) is 0. The maximum Gasteiger partial charge on any atom is 0.274 e. The molecule has 0 saturated carbocycles. The Hall–Kier alpha value is -3.47. The van der Waals surface area contributed by atoms with Crippen LogP contribution in [0.25, 0.3) is 22.0 Å². The fourth-order valence-electron chi connectivity index (χ4n) is 2.93. The standard InChI is InChI=1S/C21H18N4O/c26-21-19-11-5-4-10-18(19)20(17-8-2-1-3-9-17)23-25(21)14-7-6-13-24-15-12-22-16-24/h1-12,15-16H,13-14H2. The van der Waals surface area contributed by atoms with Crippen LogP contribution >= 0.6 is 0 Å². The van der Waals surface area contributed by atoms with Gasteiger partial charge in [-0.3, -0.25) is 4.79 Å². The molecule has 0 aliphatic heterocycles. The monoisotopic (exact) mass is 342 g/mol. The number of fused-ring (bicyclic) bond motifs is 1. The van der Waals surface area contributed by atoms with Crippen LogP contribution in [0.15, 0.2) is 90.3 Å². The van der Waals surface area contributed by atoms with E-state index in [0.717, 1.165) is 16.6 Å². The van der Waals surface area contributed by atoms with E-state index in [4.69, 9.17) is 0 Å². The highest BCUT2D eigenvalue weighted by molar-refractivity contribution is 5.93.